The number of fused-ring (bicyclic) bond motifs is 6. The molecule has 0 fully saturated rings. The second-order valence-corrected chi connectivity index (χ2v) is 9.65. The van der Waals surface area contributed by atoms with Gasteiger partial charge < -0.3 is 10.0 Å². The van der Waals surface area contributed by atoms with E-state index in [9.17, 15) is 9.90 Å². The summed E-state index contributed by atoms with van der Waals surface area (Å²) in [5, 5.41) is 11.3. The maximum atomic E-state index is 11.6. The number of aromatic carboxylic acids is 1. The fourth-order valence-corrected chi connectivity index (χ4v) is 5.36. The quantitative estimate of drug-likeness (QED) is 0.217. The Morgan fingerprint density at radius 1 is 0.795 bits per heavy atom. The van der Waals surface area contributed by atoms with Crippen LogP contribution >= 0.6 is 0 Å². The van der Waals surface area contributed by atoms with E-state index in [2.05, 4.69) is 52.6 Å². The first kappa shape index (κ1) is 24.6. The zero-order valence-electron chi connectivity index (χ0n) is 22.0. The van der Waals surface area contributed by atoms with Gasteiger partial charge in [0.05, 0.1) is 27.6 Å². The van der Waals surface area contributed by atoms with Gasteiger partial charge >= 0.3 is 5.97 Å². The van der Waals surface area contributed by atoms with E-state index in [1.54, 1.807) is 24.5 Å². The van der Waals surface area contributed by atoms with Crippen LogP contribution in [0.1, 0.15) is 37.0 Å². The van der Waals surface area contributed by atoms with Crippen molar-refractivity contribution in [1.29, 1.82) is 0 Å². The van der Waals surface area contributed by atoms with Gasteiger partial charge in [0, 0.05) is 53.2 Å². The first-order chi connectivity index (χ1) is 19.1. The van der Waals surface area contributed by atoms with E-state index in [0.717, 1.165) is 75.8 Å². The second kappa shape index (κ2) is 10.2. The normalized spacial score (nSPS) is 11.4. The van der Waals surface area contributed by atoms with Gasteiger partial charge in [0.15, 0.2) is 0 Å². The molecule has 7 nitrogen and oxygen atoms in total. The summed E-state index contributed by atoms with van der Waals surface area (Å²) in [5.74, 6) is -0.179. The van der Waals surface area contributed by atoms with Crippen LogP contribution < -0.4 is 4.90 Å². The van der Waals surface area contributed by atoms with Gasteiger partial charge in [-0.2, -0.15) is 0 Å². The average molecular weight is 516 g/mol. The minimum atomic E-state index is -0.955. The minimum absolute atomic E-state index is 0.238. The maximum Gasteiger partial charge on any atom is 0.335 e. The standard InChI is InChI=1S/C32H29N5O2/c1-3-19-36(20-4-2)23-13-9-21(10-14-23)31-35-29-25-7-5-17-33-27(25)28-26(8-6-18-34-28)30(29)37(31)24-15-11-22(12-16-24)32(38)39/h5-18H,3-4,19-20H2,1-2H3,(H,38,39). The number of benzene rings is 3. The van der Waals surface area contributed by atoms with E-state index in [4.69, 9.17) is 9.97 Å². The Labute approximate surface area is 226 Å². The van der Waals surface area contributed by atoms with Crippen molar-refractivity contribution in [2.45, 2.75) is 26.7 Å². The van der Waals surface area contributed by atoms with Crippen LogP contribution in [-0.2, 0) is 0 Å². The second-order valence-electron chi connectivity index (χ2n) is 9.65. The molecule has 39 heavy (non-hydrogen) atoms. The van der Waals surface area contributed by atoms with Crippen molar-refractivity contribution < 1.29 is 9.90 Å². The predicted octanol–water partition coefficient (Wildman–Crippen LogP) is 7.11. The number of imidazole rings is 1. The van der Waals surface area contributed by atoms with Gasteiger partial charge in [0.1, 0.15) is 5.82 Å². The van der Waals surface area contributed by atoms with E-state index < -0.39 is 5.97 Å². The summed E-state index contributed by atoms with van der Waals surface area (Å²) in [4.78, 5) is 28.5. The Balaban J connectivity index is 1.64. The van der Waals surface area contributed by atoms with Crippen LogP contribution in [0.2, 0.25) is 0 Å². The summed E-state index contributed by atoms with van der Waals surface area (Å²) in [6, 6.07) is 23.4. The van der Waals surface area contributed by atoms with Crippen molar-refractivity contribution in [3.05, 3.63) is 90.8 Å². The number of carboxylic acid groups (broad SMARTS) is 1. The number of rotatable bonds is 8. The number of nitrogens with zero attached hydrogens (tertiary/aromatic N) is 5. The number of carboxylic acids is 1. The zero-order valence-corrected chi connectivity index (χ0v) is 22.0. The summed E-state index contributed by atoms with van der Waals surface area (Å²) >= 11 is 0. The molecule has 6 aromatic rings. The molecule has 3 aromatic heterocycles. The number of carbonyl (C=O) groups is 1. The molecule has 194 valence electrons. The first-order valence-electron chi connectivity index (χ1n) is 13.3. The van der Waals surface area contributed by atoms with Gasteiger partial charge in [-0.1, -0.05) is 13.8 Å². The molecule has 6 rings (SSSR count). The minimum Gasteiger partial charge on any atom is -0.478 e. The van der Waals surface area contributed by atoms with Crippen molar-refractivity contribution in [2.24, 2.45) is 0 Å². The van der Waals surface area contributed by atoms with Gasteiger partial charge in [-0.25, -0.2) is 9.78 Å². The van der Waals surface area contributed by atoms with Crippen molar-refractivity contribution in [3.8, 4) is 17.1 Å². The van der Waals surface area contributed by atoms with Crippen LogP contribution in [0, 0.1) is 0 Å². The van der Waals surface area contributed by atoms with Crippen LogP contribution in [0.25, 0.3) is 49.9 Å². The average Bonchev–Trinajstić information content (AvgIpc) is 3.38. The Bertz CT molecular complexity index is 1800. The highest BCUT2D eigenvalue weighted by molar-refractivity contribution is 6.21. The van der Waals surface area contributed by atoms with E-state index >= 15 is 0 Å². The van der Waals surface area contributed by atoms with Gasteiger partial charge in [-0.3, -0.25) is 14.5 Å². The highest BCUT2D eigenvalue weighted by Crippen LogP contribution is 2.38. The Kier molecular flexibility index (Phi) is 6.40. The van der Waals surface area contributed by atoms with Gasteiger partial charge in [0.2, 0.25) is 0 Å². The zero-order chi connectivity index (χ0) is 26.9. The molecule has 3 aromatic carbocycles. The van der Waals surface area contributed by atoms with Crippen molar-refractivity contribution >= 4 is 44.5 Å². The molecule has 0 aliphatic carbocycles. The SMILES string of the molecule is CCCN(CCC)c1ccc(-c2nc3c4cccnc4c4ncccc4c3n2-c2ccc(C(=O)O)cc2)cc1. The van der Waals surface area contributed by atoms with Crippen LogP contribution in [0.3, 0.4) is 0 Å². The van der Waals surface area contributed by atoms with Gasteiger partial charge in [0.25, 0.3) is 0 Å². The number of hydrogen-bond donors (Lipinski definition) is 1. The highest BCUT2D eigenvalue weighted by atomic mass is 16.4. The monoisotopic (exact) mass is 515 g/mol. The number of pyridine rings is 2. The highest BCUT2D eigenvalue weighted by Gasteiger charge is 2.21. The third-order valence-electron chi connectivity index (χ3n) is 7.08. The fourth-order valence-electron chi connectivity index (χ4n) is 5.36. The van der Waals surface area contributed by atoms with E-state index in [0.29, 0.717) is 0 Å². The Morgan fingerprint density at radius 3 is 2.03 bits per heavy atom. The molecule has 1 N–H and O–H groups in total. The Morgan fingerprint density at radius 2 is 1.41 bits per heavy atom. The van der Waals surface area contributed by atoms with Crippen LogP contribution in [0.5, 0.6) is 0 Å². The Hall–Kier alpha value is -4.78. The summed E-state index contributed by atoms with van der Waals surface area (Å²) in [7, 11) is 0. The molecular formula is C32H29N5O2. The number of anilines is 1. The molecule has 3 heterocycles. The molecule has 0 bridgehead atoms. The van der Waals surface area contributed by atoms with Crippen LogP contribution in [0.15, 0.2) is 85.2 Å². The van der Waals surface area contributed by atoms with Crippen molar-refractivity contribution in [2.75, 3.05) is 18.0 Å². The molecule has 0 saturated carbocycles. The summed E-state index contributed by atoms with van der Waals surface area (Å²) < 4.78 is 2.11. The molecule has 7 heteroatoms. The van der Waals surface area contributed by atoms with Crippen LogP contribution in [0.4, 0.5) is 5.69 Å². The molecular weight excluding hydrogens is 486 g/mol. The molecule has 0 atom stereocenters. The lowest BCUT2D eigenvalue weighted by Gasteiger charge is -2.24. The van der Waals surface area contributed by atoms with Gasteiger partial charge in [-0.15, -0.1) is 0 Å². The molecule has 0 aliphatic heterocycles. The van der Waals surface area contributed by atoms with E-state index in [1.165, 1.54) is 5.69 Å². The van der Waals surface area contributed by atoms with E-state index in [-0.39, 0.29) is 5.56 Å². The third kappa shape index (κ3) is 4.26. The predicted molar refractivity (Wildman–Crippen MR) is 157 cm³/mol. The third-order valence-corrected chi connectivity index (χ3v) is 7.08. The van der Waals surface area contributed by atoms with Crippen LogP contribution in [-0.4, -0.2) is 43.7 Å². The van der Waals surface area contributed by atoms with E-state index in [1.807, 2.05) is 36.4 Å². The largest absolute Gasteiger partial charge is 0.478 e. The molecule has 0 radical (unpaired) electrons. The van der Waals surface area contributed by atoms with Gasteiger partial charge in [-0.05, 0) is 85.6 Å². The molecule has 0 amide bonds. The maximum absolute atomic E-state index is 11.6. The van der Waals surface area contributed by atoms with Crippen molar-refractivity contribution in [3.63, 3.8) is 0 Å². The van der Waals surface area contributed by atoms with Crippen molar-refractivity contribution in [1.82, 2.24) is 19.5 Å². The molecule has 0 saturated heterocycles. The lowest BCUT2D eigenvalue weighted by molar-refractivity contribution is 0.0697. The number of hydrogen-bond acceptors (Lipinski definition) is 5. The summed E-state index contributed by atoms with van der Waals surface area (Å²) in [6.07, 6.45) is 5.74. The fraction of sp³-hybridized carbons (Fsp3) is 0.188. The first-order valence-corrected chi connectivity index (χ1v) is 13.3. The lowest BCUT2D eigenvalue weighted by Crippen LogP contribution is -2.24. The summed E-state index contributed by atoms with van der Waals surface area (Å²) in [6.45, 7) is 6.43. The smallest absolute Gasteiger partial charge is 0.335 e. The topological polar surface area (TPSA) is 84.1 Å². The molecule has 0 unspecified atom stereocenters. The molecule has 0 spiro atoms. The summed E-state index contributed by atoms with van der Waals surface area (Å²) in [5.41, 5.74) is 6.59. The lowest BCUT2D eigenvalue weighted by atomic mass is 10.1. The molecule has 0 aliphatic rings. The number of aromatic nitrogens is 4.